The summed E-state index contributed by atoms with van der Waals surface area (Å²) in [5, 5.41) is 10.8. The first-order valence-electron chi connectivity index (χ1n) is 17.4. The number of allylic oxidation sites excluding steroid dienone is 4. The molecule has 42 heavy (non-hydrogen) atoms. The first-order valence-corrected chi connectivity index (χ1v) is 17.4. The molecule has 1 fully saturated rings. The second-order valence-electron chi connectivity index (χ2n) is 13.6. The van der Waals surface area contributed by atoms with Crippen LogP contribution in [0.2, 0.25) is 0 Å². The number of rotatable bonds is 20. The van der Waals surface area contributed by atoms with E-state index in [9.17, 15) is 9.90 Å². The minimum atomic E-state index is -0.864. The Hall–Kier alpha value is -1.65. The molecule has 1 heterocycles. The fourth-order valence-electron chi connectivity index (χ4n) is 6.48. The van der Waals surface area contributed by atoms with Gasteiger partial charge in [-0.25, -0.2) is 0 Å². The Balaban J connectivity index is 1.72. The number of aliphatic hydroxyl groups is 1. The second-order valence-corrected chi connectivity index (χ2v) is 13.6. The molecule has 1 unspecified atom stereocenters. The maximum absolute atomic E-state index is 12.8. The van der Waals surface area contributed by atoms with E-state index in [1.165, 1.54) is 89.0 Å². The Morgan fingerprint density at radius 2 is 1.57 bits per heavy atom. The van der Waals surface area contributed by atoms with Gasteiger partial charge in [0.15, 0.2) is 0 Å². The quantitative estimate of drug-likeness (QED) is 0.0669. The first kappa shape index (κ1) is 36.5. The number of hydrogen-bond acceptors (Lipinski definition) is 4. The fourth-order valence-corrected chi connectivity index (χ4v) is 6.48. The van der Waals surface area contributed by atoms with E-state index < -0.39 is 11.2 Å². The van der Waals surface area contributed by atoms with E-state index in [0.29, 0.717) is 19.4 Å². The molecule has 0 radical (unpaired) electrons. The van der Waals surface area contributed by atoms with E-state index >= 15 is 0 Å². The number of hydrogen-bond donors (Lipinski definition) is 1. The molecule has 1 N–H and O–H groups in total. The lowest BCUT2D eigenvalue weighted by Gasteiger charge is -2.34. The van der Waals surface area contributed by atoms with E-state index in [1.807, 2.05) is 25.2 Å². The van der Waals surface area contributed by atoms with Gasteiger partial charge in [0.1, 0.15) is 12.2 Å². The van der Waals surface area contributed by atoms with Crippen LogP contribution >= 0.6 is 0 Å². The van der Waals surface area contributed by atoms with Crippen LogP contribution in [0.4, 0.5) is 0 Å². The average Bonchev–Trinajstić information content (AvgIpc) is 3.32. The Kier molecular flexibility index (Phi) is 17.7. The van der Waals surface area contributed by atoms with Crippen molar-refractivity contribution < 1.29 is 19.4 Å². The Morgan fingerprint density at radius 1 is 1.00 bits per heavy atom. The van der Waals surface area contributed by atoms with E-state index in [-0.39, 0.29) is 24.4 Å². The highest BCUT2D eigenvalue weighted by Gasteiger charge is 2.50. The fraction of sp³-hybridized carbons (Fsp3) is 0.763. The molecule has 2 aliphatic rings. The monoisotopic (exact) mass is 584 g/mol. The summed E-state index contributed by atoms with van der Waals surface area (Å²) in [4.78, 5) is 12.8. The van der Waals surface area contributed by atoms with Crippen LogP contribution in [0.5, 0.6) is 0 Å². The van der Waals surface area contributed by atoms with Gasteiger partial charge in [-0.1, -0.05) is 139 Å². The molecule has 0 bridgehead atoms. The van der Waals surface area contributed by atoms with Gasteiger partial charge < -0.3 is 14.6 Å². The molecule has 4 atom stereocenters. The van der Waals surface area contributed by atoms with E-state index in [1.54, 1.807) is 0 Å². The molecule has 0 aromatic heterocycles. The molecular formula is C38H64O4. The summed E-state index contributed by atoms with van der Waals surface area (Å²) >= 11 is 0. The zero-order chi connectivity index (χ0) is 30.7. The molecule has 240 valence electrons. The number of carbonyl (C=O) groups is 1. The van der Waals surface area contributed by atoms with Crippen molar-refractivity contribution in [1.82, 2.24) is 0 Å². The van der Waals surface area contributed by atoms with Crippen molar-refractivity contribution in [2.45, 2.75) is 161 Å². The lowest BCUT2D eigenvalue weighted by atomic mass is 9.74. The van der Waals surface area contributed by atoms with Crippen LogP contribution < -0.4 is 0 Å². The SMILES string of the molecule is C=C1C/C=C\[C@@](C)(O)CCC2[C@H]1CO[C@@]2(/C=C/C=C(C)C)COC(=O)CCCCCCCCCCCCCCCCC. The molecule has 1 aliphatic heterocycles. The van der Waals surface area contributed by atoms with Gasteiger partial charge >= 0.3 is 5.97 Å². The molecule has 0 aromatic carbocycles. The minimum absolute atomic E-state index is 0.0942. The summed E-state index contributed by atoms with van der Waals surface area (Å²) in [7, 11) is 0. The third-order valence-electron chi connectivity index (χ3n) is 9.24. The average molecular weight is 585 g/mol. The number of unbranched alkanes of at least 4 members (excludes halogenated alkanes) is 14. The van der Waals surface area contributed by atoms with Gasteiger partial charge in [0.05, 0.1) is 12.2 Å². The molecular weight excluding hydrogens is 520 g/mol. The zero-order valence-corrected chi connectivity index (χ0v) is 27.8. The smallest absolute Gasteiger partial charge is 0.305 e. The summed E-state index contributed by atoms with van der Waals surface area (Å²) in [6.45, 7) is 13.4. The predicted molar refractivity (Wildman–Crippen MR) is 177 cm³/mol. The lowest BCUT2D eigenvalue weighted by molar-refractivity contribution is -0.151. The molecule has 0 aromatic rings. The van der Waals surface area contributed by atoms with Crippen molar-refractivity contribution in [3.05, 3.63) is 48.1 Å². The van der Waals surface area contributed by atoms with Gasteiger partial charge in [-0.2, -0.15) is 0 Å². The molecule has 2 rings (SSSR count). The number of ether oxygens (including phenoxy) is 2. The van der Waals surface area contributed by atoms with Crippen LogP contribution in [0, 0.1) is 11.8 Å². The lowest BCUT2D eigenvalue weighted by Crippen LogP contribution is -2.41. The molecule has 0 spiro atoms. The van der Waals surface area contributed by atoms with Gasteiger partial charge in [0.2, 0.25) is 0 Å². The minimum Gasteiger partial charge on any atom is -0.462 e. The summed E-state index contributed by atoms with van der Waals surface area (Å²) in [6.07, 6.45) is 32.4. The van der Waals surface area contributed by atoms with Gasteiger partial charge in [-0.05, 0) is 52.5 Å². The molecule has 1 saturated heterocycles. The van der Waals surface area contributed by atoms with Crippen LogP contribution in [-0.2, 0) is 14.3 Å². The summed E-state index contributed by atoms with van der Waals surface area (Å²) in [5.74, 6) is 0.133. The third kappa shape index (κ3) is 14.2. The predicted octanol–water partition coefficient (Wildman–Crippen LogP) is 10.4. The van der Waals surface area contributed by atoms with Gasteiger partial charge in [0, 0.05) is 18.3 Å². The van der Waals surface area contributed by atoms with Crippen molar-refractivity contribution in [3.8, 4) is 0 Å². The van der Waals surface area contributed by atoms with Crippen LogP contribution in [0.3, 0.4) is 0 Å². The van der Waals surface area contributed by atoms with E-state index in [0.717, 1.165) is 31.3 Å². The zero-order valence-electron chi connectivity index (χ0n) is 27.8. The topological polar surface area (TPSA) is 55.8 Å². The summed E-state index contributed by atoms with van der Waals surface area (Å²) in [6, 6.07) is 0. The largest absolute Gasteiger partial charge is 0.462 e. The van der Waals surface area contributed by atoms with Crippen LogP contribution in [0.1, 0.15) is 150 Å². The number of carbonyl (C=O) groups excluding carboxylic acids is 1. The highest BCUT2D eigenvalue weighted by atomic mass is 16.6. The van der Waals surface area contributed by atoms with Gasteiger partial charge in [0.25, 0.3) is 0 Å². The van der Waals surface area contributed by atoms with Crippen LogP contribution in [-0.4, -0.2) is 35.5 Å². The van der Waals surface area contributed by atoms with E-state index in [4.69, 9.17) is 9.47 Å². The normalized spacial score (nSPS) is 26.8. The second kappa shape index (κ2) is 20.3. The van der Waals surface area contributed by atoms with E-state index in [2.05, 4.69) is 39.5 Å². The molecule has 4 heteroatoms. The molecule has 1 aliphatic carbocycles. The molecule has 0 saturated carbocycles. The van der Waals surface area contributed by atoms with Crippen LogP contribution in [0.25, 0.3) is 0 Å². The van der Waals surface area contributed by atoms with Crippen molar-refractivity contribution in [2.24, 2.45) is 11.8 Å². The molecule has 4 nitrogen and oxygen atoms in total. The molecule has 0 amide bonds. The summed E-state index contributed by atoms with van der Waals surface area (Å²) < 4.78 is 12.4. The highest BCUT2D eigenvalue weighted by Crippen LogP contribution is 2.46. The maximum atomic E-state index is 12.8. The maximum Gasteiger partial charge on any atom is 0.305 e. The Bertz CT molecular complexity index is 862. The summed E-state index contributed by atoms with van der Waals surface area (Å²) in [5.41, 5.74) is 0.755. The van der Waals surface area contributed by atoms with Crippen molar-refractivity contribution in [2.75, 3.05) is 13.2 Å². The van der Waals surface area contributed by atoms with Crippen LogP contribution in [0.15, 0.2) is 48.1 Å². The van der Waals surface area contributed by atoms with Crippen molar-refractivity contribution in [3.63, 3.8) is 0 Å². The first-order chi connectivity index (χ1) is 20.2. The Morgan fingerprint density at radius 3 is 2.14 bits per heavy atom. The van der Waals surface area contributed by atoms with Gasteiger partial charge in [-0.3, -0.25) is 4.79 Å². The number of esters is 1. The van der Waals surface area contributed by atoms with Gasteiger partial charge in [-0.15, -0.1) is 0 Å². The highest BCUT2D eigenvalue weighted by molar-refractivity contribution is 5.69. The van der Waals surface area contributed by atoms with Crippen molar-refractivity contribution in [1.29, 1.82) is 0 Å². The van der Waals surface area contributed by atoms with Crippen molar-refractivity contribution >= 4 is 5.97 Å². The standard InChI is InChI=1S/C38H64O4/c1-6-7-8-9-10-11-12-13-14-15-16-17-18-19-20-25-36(39)41-31-38(28-21-23-32(2)3)35-26-29-37(5,40)27-22-24-33(4)34(35)30-42-38/h21-23,27-28,34-35,40H,4,6-20,24-26,29-31H2,1-3,5H3/b27-22-,28-21+/t34-,35?,37+,38-/m0/s1. The number of fused-ring (bicyclic) bond motifs is 1. The third-order valence-corrected chi connectivity index (χ3v) is 9.24. The Labute approximate surface area is 259 Å².